The minimum Gasteiger partial charge on any atom is -0.490 e. The summed E-state index contributed by atoms with van der Waals surface area (Å²) >= 11 is 10.3. The van der Waals surface area contributed by atoms with Gasteiger partial charge in [-0.25, -0.2) is 0 Å². The van der Waals surface area contributed by atoms with E-state index < -0.39 is 0 Å². The molecule has 8 heteroatoms. The van der Waals surface area contributed by atoms with E-state index in [2.05, 4.69) is 27.6 Å². The molecule has 5 nitrogen and oxygen atoms in total. The van der Waals surface area contributed by atoms with Crippen LogP contribution in [0.4, 0.5) is 0 Å². The zero-order chi connectivity index (χ0) is 24.1. The van der Waals surface area contributed by atoms with Crippen molar-refractivity contribution in [2.45, 2.75) is 53.3 Å². The number of carbonyl (C=O) groups is 1. The van der Waals surface area contributed by atoms with Crippen molar-refractivity contribution in [1.29, 1.82) is 0 Å². The van der Waals surface area contributed by atoms with Crippen molar-refractivity contribution < 1.29 is 14.3 Å². The average molecular weight is 599 g/mol. The van der Waals surface area contributed by atoms with E-state index in [0.717, 1.165) is 16.3 Å². The van der Waals surface area contributed by atoms with Crippen molar-refractivity contribution in [3.05, 3.63) is 61.0 Å². The first-order valence-corrected chi connectivity index (χ1v) is 13.1. The average Bonchev–Trinajstić information content (AvgIpc) is 3.03. The quantitative estimate of drug-likeness (QED) is 0.242. The van der Waals surface area contributed by atoms with Gasteiger partial charge in [0, 0.05) is 15.7 Å². The Labute approximate surface area is 218 Å². The summed E-state index contributed by atoms with van der Waals surface area (Å²) in [4.78, 5) is 20.0. The van der Waals surface area contributed by atoms with Gasteiger partial charge in [-0.3, -0.25) is 14.7 Å². The maximum Gasteiger partial charge on any atom is 0.266 e. The molecule has 1 fully saturated rings. The van der Waals surface area contributed by atoms with Gasteiger partial charge in [-0.15, -0.1) is 0 Å². The molecule has 176 valence electrons. The molecular weight excluding hydrogens is 571 g/mol. The van der Waals surface area contributed by atoms with Gasteiger partial charge in [0.05, 0.1) is 16.5 Å². The van der Waals surface area contributed by atoms with Crippen molar-refractivity contribution in [2.24, 2.45) is 4.99 Å². The zero-order valence-electron chi connectivity index (χ0n) is 19.4. The molecule has 0 N–H and O–H groups in total. The fraction of sp³-hybridized carbons (Fsp3) is 0.360. The van der Waals surface area contributed by atoms with Crippen LogP contribution in [0, 0.1) is 3.57 Å². The van der Waals surface area contributed by atoms with Gasteiger partial charge in [-0.2, -0.15) is 0 Å². The number of thioether (sulfide) groups is 1. The second-order valence-corrected chi connectivity index (χ2v) is 10.7. The minimum absolute atomic E-state index is 0.0213. The molecular formula is C25H28ClIN2O3S. The standard InChI is InChI=1S/C25H28ClIN2O3S/c1-6-31-21-12-18(11-20(26)23(21)32-14-17-7-9-19(27)10-8-17)13-22-24(30)29(16(4)5)25(33-22)28-15(2)3/h7-13,15-16H,6,14H2,1-5H3/b22-13+,28-25?. The van der Waals surface area contributed by atoms with Crippen LogP contribution < -0.4 is 9.47 Å². The Hall–Kier alpha value is -1.71. The molecule has 1 heterocycles. The summed E-state index contributed by atoms with van der Waals surface area (Å²) in [6, 6.07) is 11.9. The third kappa shape index (κ3) is 6.67. The number of ether oxygens (including phenoxy) is 2. The molecule has 3 rings (SSSR count). The summed E-state index contributed by atoms with van der Waals surface area (Å²) in [5, 5.41) is 1.16. The van der Waals surface area contributed by atoms with E-state index in [0.29, 0.717) is 34.6 Å². The first kappa shape index (κ1) is 25.9. The van der Waals surface area contributed by atoms with Crippen LogP contribution in [0.1, 0.15) is 45.7 Å². The van der Waals surface area contributed by atoms with Crippen molar-refractivity contribution in [1.82, 2.24) is 4.90 Å². The number of hydrogen-bond acceptors (Lipinski definition) is 5. The molecule has 0 saturated carbocycles. The predicted molar refractivity (Wildman–Crippen MR) is 146 cm³/mol. The second-order valence-electron chi connectivity index (χ2n) is 8.06. The molecule has 0 radical (unpaired) electrons. The molecule has 2 aromatic rings. The molecule has 33 heavy (non-hydrogen) atoms. The Kier molecular flexibility index (Phi) is 9.12. The largest absolute Gasteiger partial charge is 0.490 e. The molecule has 0 unspecified atom stereocenters. The van der Waals surface area contributed by atoms with E-state index in [1.54, 1.807) is 11.0 Å². The predicted octanol–water partition coefficient (Wildman–Crippen LogP) is 7.01. The highest BCUT2D eigenvalue weighted by Crippen LogP contribution is 2.40. The van der Waals surface area contributed by atoms with Gasteiger partial charge in [0.1, 0.15) is 6.61 Å². The summed E-state index contributed by atoms with van der Waals surface area (Å²) in [7, 11) is 0. The molecule has 0 spiro atoms. The van der Waals surface area contributed by atoms with Crippen LogP contribution in [-0.2, 0) is 11.4 Å². The maximum absolute atomic E-state index is 13.1. The Morgan fingerprint density at radius 2 is 1.85 bits per heavy atom. The first-order chi connectivity index (χ1) is 15.7. The fourth-order valence-corrected chi connectivity index (χ4v) is 5.08. The number of aliphatic imine (C=N–C) groups is 1. The van der Waals surface area contributed by atoms with Crippen LogP contribution >= 0.6 is 46.0 Å². The highest BCUT2D eigenvalue weighted by molar-refractivity contribution is 14.1. The van der Waals surface area contributed by atoms with Gasteiger partial charge in [-0.1, -0.05) is 23.7 Å². The second kappa shape index (κ2) is 11.6. The van der Waals surface area contributed by atoms with E-state index in [9.17, 15) is 4.79 Å². The highest BCUT2D eigenvalue weighted by Gasteiger charge is 2.35. The van der Waals surface area contributed by atoms with Gasteiger partial charge in [0.25, 0.3) is 5.91 Å². The maximum atomic E-state index is 13.1. The summed E-state index contributed by atoms with van der Waals surface area (Å²) in [6.45, 7) is 10.7. The van der Waals surface area contributed by atoms with Crippen LogP contribution in [-0.4, -0.2) is 34.7 Å². The number of amides is 1. The molecule has 2 aromatic carbocycles. The third-order valence-corrected chi connectivity index (χ3v) is 6.64. The Morgan fingerprint density at radius 1 is 1.15 bits per heavy atom. The molecule has 0 bridgehead atoms. The number of carbonyl (C=O) groups excluding carboxylic acids is 1. The lowest BCUT2D eigenvalue weighted by Gasteiger charge is -2.20. The molecule has 1 amide bonds. The number of halogens is 2. The molecule has 0 atom stereocenters. The van der Waals surface area contributed by atoms with Crippen LogP contribution in [0.2, 0.25) is 5.02 Å². The van der Waals surface area contributed by atoms with Crippen molar-refractivity contribution in [3.63, 3.8) is 0 Å². The smallest absolute Gasteiger partial charge is 0.266 e. The lowest BCUT2D eigenvalue weighted by atomic mass is 10.1. The lowest BCUT2D eigenvalue weighted by Crippen LogP contribution is -2.35. The van der Waals surface area contributed by atoms with Crippen molar-refractivity contribution in [3.8, 4) is 11.5 Å². The van der Waals surface area contributed by atoms with E-state index >= 15 is 0 Å². The summed E-state index contributed by atoms with van der Waals surface area (Å²) < 4.78 is 13.0. The van der Waals surface area contributed by atoms with Gasteiger partial charge in [0.15, 0.2) is 16.7 Å². The molecule has 1 aliphatic rings. The SMILES string of the molecule is CCOc1cc(/C=C2/SC(=NC(C)C)N(C(C)C)C2=O)cc(Cl)c1OCc1ccc(I)cc1. The molecule has 1 saturated heterocycles. The fourth-order valence-electron chi connectivity index (χ4n) is 3.21. The van der Waals surface area contributed by atoms with E-state index in [-0.39, 0.29) is 18.0 Å². The number of benzene rings is 2. The summed E-state index contributed by atoms with van der Waals surface area (Å²) in [5.41, 5.74) is 1.81. The Balaban J connectivity index is 1.90. The third-order valence-electron chi connectivity index (χ3n) is 4.65. The van der Waals surface area contributed by atoms with Crippen molar-refractivity contribution in [2.75, 3.05) is 6.61 Å². The van der Waals surface area contributed by atoms with Crippen LogP contribution in [0.3, 0.4) is 0 Å². The molecule has 0 aliphatic carbocycles. The zero-order valence-corrected chi connectivity index (χ0v) is 23.1. The number of hydrogen-bond donors (Lipinski definition) is 0. The summed E-state index contributed by atoms with van der Waals surface area (Å²) in [5.74, 6) is 0.993. The van der Waals surface area contributed by atoms with Crippen LogP contribution in [0.15, 0.2) is 46.3 Å². The highest BCUT2D eigenvalue weighted by atomic mass is 127. The minimum atomic E-state index is -0.0532. The van der Waals surface area contributed by atoms with Gasteiger partial charge in [0.2, 0.25) is 0 Å². The van der Waals surface area contributed by atoms with Crippen LogP contribution in [0.5, 0.6) is 11.5 Å². The van der Waals surface area contributed by atoms with Gasteiger partial charge < -0.3 is 9.47 Å². The summed E-state index contributed by atoms with van der Waals surface area (Å²) in [6.07, 6.45) is 1.84. The number of nitrogens with zero attached hydrogens (tertiary/aromatic N) is 2. The van der Waals surface area contributed by atoms with E-state index in [4.69, 9.17) is 21.1 Å². The molecule has 0 aromatic heterocycles. The van der Waals surface area contributed by atoms with E-state index in [1.807, 2.05) is 71.0 Å². The Morgan fingerprint density at radius 3 is 2.45 bits per heavy atom. The monoisotopic (exact) mass is 598 g/mol. The lowest BCUT2D eigenvalue weighted by molar-refractivity contribution is -0.123. The van der Waals surface area contributed by atoms with Gasteiger partial charge in [-0.05, 0) is 110 Å². The number of rotatable bonds is 8. The van der Waals surface area contributed by atoms with E-state index in [1.165, 1.54) is 15.3 Å². The van der Waals surface area contributed by atoms with Gasteiger partial charge >= 0.3 is 0 Å². The molecule has 1 aliphatic heterocycles. The first-order valence-electron chi connectivity index (χ1n) is 10.8. The normalized spacial score (nSPS) is 16.5. The van der Waals surface area contributed by atoms with Crippen molar-refractivity contribution >= 4 is 63.1 Å². The Bertz CT molecular complexity index is 1070. The topological polar surface area (TPSA) is 51.1 Å². The number of amidine groups is 1. The van der Waals surface area contributed by atoms with Crippen LogP contribution in [0.25, 0.3) is 6.08 Å².